The molecule has 1 amide bonds. The molecule has 0 heterocycles. The third-order valence-electron chi connectivity index (χ3n) is 3.06. The van der Waals surface area contributed by atoms with Gasteiger partial charge >= 0.3 is 5.97 Å². The topological polar surface area (TPSA) is 66.4 Å². The van der Waals surface area contributed by atoms with Gasteiger partial charge in [-0.2, -0.15) is 0 Å². The first kappa shape index (κ1) is 13.5. The number of hydrogen-bond acceptors (Lipinski definition) is 2. The quantitative estimate of drug-likeness (QED) is 0.851. The Morgan fingerprint density at radius 2 is 2.05 bits per heavy atom. The monoisotopic (exact) mass is 269 g/mol. The van der Waals surface area contributed by atoms with Crippen LogP contribution >= 0.6 is 0 Å². The largest absolute Gasteiger partial charge is 0.480 e. The zero-order chi connectivity index (χ0) is 14.0. The number of carboxylic acids is 1. The van der Waals surface area contributed by atoms with Crippen LogP contribution in [-0.4, -0.2) is 23.0 Å². The molecular weight excluding hydrogens is 256 g/mol. The van der Waals surface area contributed by atoms with E-state index in [2.05, 4.69) is 5.32 Å². The van der Waals surface area contributed by atoms with Crippen molar-refractivity contribution < 1.29 is 23.5 Å². The second-order valence-corrected chi connectivity index (χ2v) is 4.61. The van der Waals surface area contributed by atoms with Crippen LogP contribution in [0.3, 0.4) is 0 Å². The molecule has 102 valence electrons. The average Bonchev–Trinajstić information content (AvgIpc) is 3.16. The van der Waals surface area contributed by atoms with E-state index in [1.54, 1.807) is 0 Å². The Bertz CT molecular complexity index is 515. The number of halogens is 2. The molecule has 1 aromatic carbocycles. The molecule has 0 aliphatic heterocycles. The maximum Gasteiger partial charge on any atom is 0.326 e. The lowest BCUT2D eigenvalue weighted by atomic mass is 10.1. The van der Waals surface area contributed by atoms with E-state index in [4.69, 9.17) is 5.11 Å². The summed E-state index contributed by atoms with van der Waals surface area (Å²) < 4.78 is 26.3. The minimum absolute atomic E-state index is 0.0567. The zero-order valence-electron chi connectivity index (χ0n) is 10.0. The molecule has 4 nitrogen and oxygen atoms in total. The molecule has 0 spiro atoms. The van der Waals surface area contributed by atoms with E-state index < -0.39 is 29.6 Å². The van der Waals surface area contributed by atoms with E-state index in [1.807, 2.05) is 0 Å². The first-order valence-corrected chi connectivity index (χ1v) is 5.94. The Morgan fingerprint density at radius 3 is 2.63 bits per heavy atom. The molecule has 2 N–H and O–H groups in total. The summed E-state index contributed by atoms with van der Waals surface area (Å²) in [4.78, 5) is 22.6. The van der Waals surface area contributed by atoms with Gasteiger partial charge in [-0.3, -0.25) is 4.79 Å². The van der Waals surface area contributed by atoms with Crippen LogP contribution in [0, 0.1) is 17.6 Å². The van der Waals surface area contributed by atoms with Crippen LogP contribution in [0.2, 0.25) is 0 Å². The summed E-state index contributed by atoms with van der Waals surface area (Å²) in [6.45, 7) is 0. The van der Waals surface area contributed by atoms with E-state index in [0.29, 0.717) is 0 Å². The van der Waals surface area contributed by atoms with Crippen LogP contribution in [0.15, 0.2) is 18.2 Å². The maximum absolute atomic E-state index is 13.4. The van der Waals surface area contributed by atoms with E-state index in [0.717, 1.165) is 18.9 Å². The van der Waals surface area contributed by atoms with Gasteiger partial charge in [-0.15, -0.1) is 0 Å². The molecule has 1 saturated carbocycles. The van der Waals surface area contributed by atoms with E-state index in [9.17, 15) is 18.4 Å². The maximum atomic E-state index is 13.4. The van der Waals surface area contributed by atoms with Crippen LogP contribution in [0.4, 0.5) is 8.78 Å². The first-order chi connectivity index (χ1) is 8.99. The van der Waals surface area contributed by atoms with Crippen molar-refractivity contribution in [3.8, 4) is 0 Å². The zero-order valence-corrected chi connectivity index (χ0v) is 10.0. The molecule has 0 aromatic heterocycles. The second kappa shape index (κ2) is 5.34. The van der Waals surface area contributed by atoms with E-state index in [-0.39, 0.29) is 17.9 Å². The molecule has 2 rings (SSSR count). The number of nitrogens with one attached hydrogen (secondary N) is 1. The highest BCUT2D eigenvalue weighted by Gasteiger charge is 2.37. The average molecular weight is 269 g/mol. The Hall–Kier alpha value is -1.98. The first-order valence-electron chi connectivity index (χ1n) is 5.94. The summed E-state index contributed by atoms with van der Waals surface area (Å²) in [5, 5.41) is 11.3. The molecular formula is C13H13F2NO3. The van der Waals surface area contributed by atoms with E-state index in [1.165, 1.54) is 12.1 Å². The molecule has 6 heteroatoms. The highest BCUT2D eigenvalue weighted by atomic mass is 19.2. The lowest BCUT2D eigenvalue weighted by Crippen LogP contribution is -2.43. The Morgan fingerprint density at radius 1 is 1.37 bits per heavy atom. The van der Waals surface area contributed by atoms with Crippen LogP contribution in [0.25, 0.3) is 0 Å². The van der Waals surface area contributed by atoms with Crippen molar-refractivity contribution in [1.29, 1.82) is 0 Å². The third-order valence-corrected chi connectivity index (χ3v) is 3.06. The number of benzene rings is 1. The predicted octanol–water partition coefficient (Wildman–Crippen LogP) is 1.49. The number of aliphatic carboxylic acids is 1. The molecule has 0 radical (unpaired) electrons. The highest BCUT2D eigenvalue weighted by Crippen LogP contribution is 2.32. The van der Waals surface area contributed by atoms with E-state index >= 15 is 0 Å². The summed E-state index contributed by atoms with van der Waals surface area (Å²) in [5.74, 6) is -3.88. The molecule has 1 aliphatic carbocycles. The van der Waals surface area contributed by atoms with Crippen molar-refractivity contribution >= 4 is 11.9 Å². The lowest BCUT2D eigenvalue weighted by Gasteiger charge is -2.13. The molecule has 0 bridgehead atoms. The molecule has 1 atom stereocenters. The van der Waals surface area contributed by atoms with Crippen molar-refractivity contribution in [1.82, 2.24) is 5.32 Å². The van der Waals surface area contributed by atoms with Gasteiger partial charge in [-0.1, -0.05) is 12.1 Å². The van der Waals surface area contributed by atoms with Gasteiger partial charge in [0, 0.05) is 5.56 Å². The normalized spacial score (nSPS) is 15.9. The SMILES string of the molecule is O=C(Cc1cccc(F)c1F)NC(C(=O)O)C1CC1. The molecule has 1 unspecified atom stereocenters. The fourth-order valence-electron chi connectivity index (χ4n) is 1.89. The second-order valence-electron chi connectivity index (χ2n) is 4.61. The van der Waals surface area contributed by atoms with Gasteiger partial charge in [0.25, 0.3) is 0 Å². The number of hydrogen-bond donors (Lipinski definition) is 2. The molecule has 1 aliphatic rings. The molecule has 19 heavy (non-hydrogen) atoms. The van der Waals surface area contributed by atoms with Gasteiger partial charge in [-0.05, 0) is 24.8 Å². The highest BCUT2D eigenvalue weighted by molar-refractivity contribution is 5.85. The van der Waals surface area contributed by atoms with Crippen molar-refractivity contribution in [2.24, 2.45) is 5.92 Å². The number of rotatable bonds is 5. The summed E-state index contributed by atoms with van der Waals surface area (Å²) in [7, 11) is 0. The molecule has 1 aromatic rings. The number of carboxylic acid groups (broad SMARTS) is 1. The minimum Gasteiger partial charge on any atom is -0.480 e. The van der Waals surface area contributed by atoms with Gasteiger partial charge < -0.3 is 10.4 Å². The van der Waals surface area contributed by atoms with Gasteiger partial charge in [0.15, 0.2) is 11.6 Å². The minimum atomic E-state index is -1.10. The van der Waals surface area contributed by atoms with Gasteiger partial charge in [0.2, 0.25) is 5.91 Å². The summed E-state index contributed by atoms with van der Waals surface area (Å²) in [6, 6.07) is 2.62. The van der Waals surface area contributed by atoms with Crippen molar-refractivity contribution in [3.05, 3.63) is 35.4 Å². The van der Waals surface area contributed by atoms with Crippen molar-refractivity contribution in [2.45, 2.75) is 25.3 Å². The summed E-state index contributed by atoms with van der Waals surface area (Å²) in [6.07, 6.45) is 1.14. The lowest BCUT2D eigenvalue weighted by molar-refractivity contribution is -0.142. The fraction of sp³-hybridized carbons (Fsp3) is 0.385. The number of carbonyl (C=O) groups is 2. The van der Waals surface area contributed by atoms with Crippen LogP contribution in [-0.2, 0) is 16.0 Å². The molecule has 1 fully saturated rings. The van der Waals surface area contributed by atoms with Crippen LogP contribution < -0.4 is 5.32 Å². The Kier molecular flexibility index (Phi) is 3.78. The summed E-state index contributed by atoms with van der Waals surface area (Å²) in [5.41, 5.74) is -0.0857. The Balaban J connectivity index is 2.00. The van der Waals surface area contributed by atoms with Gasteiger partial charge in [0.05, 0.1) is 6.42 Å². The Labute approximate surface area is 108 Å². The van der Waals surface area contributed by atoms with Crippen LogP contribution in [0.1, 0.15) is 18.4 Å². The predicted molar refractivity (Wildman–Crippen MR) is 62.4 cm³/mol. The van der Waals surface area contributed by atoms with Crippen molar-refractivity contribution in [2.75, 3.05) is 0 Å². The smallest absolute Gasteiger partial charge is 0.326 e. The van der Waals surface area contributed by atoms with Gasteiger partial charge in [0.1, 0.15) is 6.04 Å². The van der Waals surface area contributed by atoms with Crippen LogP contribution in [0.5, 0.6) is 0 Å². The molecule has 0 saturated heterocycles. The summed E-state index contributed by atoms with van der Waals surface area (Å²) >= 11 is 0. The number of amides is 1. The standard InChI is InChI=1S/C13H13F2NO3/c14-9-3-1-2-8(11(9)15)6-10(17)16-12(13(18)19)7-4-5-7/h1-3,7,12H,4-6H2,(H,16,17)(H,18,19). The van der Waals surface area contributed by atoms with Crippen molar-refractivity contribution in [3.63, 3.8) is 0 Å². The van der Waals surface area contributed by atoms with Gasteiger partial charge in [-0.25, -0.2) is 13.6 Å². The fourth-order valence-corrected chi connectivity index (χ4v) is 1.89. The number of carbonyl (C=O) groups excluding carboxylic acids is 1. The third kappa shape index (κ3) is 3.27.